The van der Waals surface area contributed by atoms with Gasteiger partial charge in [-0.3, -0.25) is 8.37 Å². The lowest BCUT2D eigenvalue weighted by Gasteiger charge is -2.37. The van der Waals surface area contributed by atoms with Crippen LogP contribution in [0.5, 0.6) is 0 Å². The molecule has 16 heteroatoms. The van der Waals surface area contributed by atoms with Crippen LogP contribution >= 0.6 is 10.7 Å². The highest BCUT2D eigenvalue weighted by Crippen LogP contribution is 2.43. The van der Waals surface area contributed by atoms with E-state index in [1.54, 1.807) is 0 Å². The first-order chi connectivity index (χ1) is 38.5. The Labute approximate surface area is 497 Å². The van der Waals surface area contributed by atoms with E-state index in [1.807, 2.05) is 38.4 Å². The zero-order valence-electron chi connectivity index (χ0n) is 48.3. The first-order valence-electron chi connectivity index (χ1n) is 28.1. The SMILES string of the molecule is C.CN(C)C1CC(N)C1.CNC.CS(=O)(=O)Cl.CS(=O)(=O)OC1CC(CC(c2ccccc2)c2ccccc2)C1.CS(=O)(=O)OC1CC(CC(c2ccccc2)c2ccccc2)C1.OC1CC(CC(c2ccccc2)c2ccccc2)C1. The molecule has 0 saturated heterocycles. The Hall–Kier alpha value is -4.78. The normalized spacial score (nSPS) is 21.6. The van der Waals surface area contributed by atoms with Crippen LogP contribution in [0, 0.1) is 17.8 Å². The standard InChI is InChI=1S/2C19H22O3S.C18H20O.C6H14N2.C2H7N.CH3ClO2S.CH4/c2*1-23(20,21)22-18-12-15(13-18)14-19(16-8-4-2-5-9-16)17-10-6-3-7-11-17;19-17-11-14(12-17)13-18(15-7-3-1-4-8-15)16-9-5-2-6-10-16;1-8(2)6-3-5(7)4-6;1-3-2;1-5(2,3)4;/h2*2-11,15,18-19H,12-14H2,1H3;1-10,14,17-19H,11-13H2;5-6H,3-4,7H2,1-2H3;3H,1-2H3;1H3;1H4. The van der Waals surface area contributed by atoms with Gasteiger partial charge in [0.1, 0.15) is 0 Å². The third-order valence-corrected chi connectivity index (χ3v) is 16.3. The van der Waals surface area contributed by atoms with E-state index in [4.69, 9.17) is 14.1 Å². The molecule has 0 bridgehead atoms. The molecule has 0 aromatic heterocycles. The highest BCUT2D eigenvalue weighted by molar-refractivity contribution is 8.13. The number of nitrogens with one attached hydrogen (secondary N) is 1. The van der Waals surface area contributed by atoms with Gasteiger partial charge in [-0.05, 0) is 150 Å². The van der Waals surface area contributed by atoms with E-state index < -0.39 is 29.3 Å². The Morgan fingerprint density at radius 3 is 0.841 bits per heavy atom. The molecule has 82 heavy (non-hydrogen) atoms. The maximum atomic E-state index is 11.2. The van der Waals surface area contributed by atoms with Gasteiger partial charge in [-0.2, -0.15) is 16.8 Å². The molecule has 0 heterocycles. The second-order valence-corrected chi connectivity index (χ2v) is 28.6. The van der Waals surface area contributed by atoms with Gasteiger partial charge in [0.05, 0.1) is 37.1 Å². The predicted molar refractivity (Wildman–Crippen MR) is 339 cm³/mol. The quantitative estimate of drug-likeness (QED) is 0.0581. The summed E-state index contributed by atoms with van der Waals surface area (Å²) in [5.41, 5.74) is 13.6. The Morgan fingerprint density at radius 2 is 0.683 bits per heavy atom. The highest BCUT2D eigenvalue weighted by Gasteiger charge is 2.36. The van der Waals surface area contributed by atoms with Gasteiger partial charge >= 0.3 is 0 Å². The molecule has 0 spiro atoms. The summed E-state index contributed by atoms with van der Waals surface area (Å²) >= 11 is 0. The van der Waals surface area contributed by atoms with E-state index in [2.05, 4.69) is 193 Å². The fraction of sp³-hybridized carbons (Fsp3) is 0.455. The lowest BCUT2D eigenvalue weighted by molar-refractivity contribution is 0.0374. The monoisotopic (exact) mass is 1200 g/mol. The van der Waals surface area contributed by atoms with E-state index in [9.17, 15) is 30.4 Å². The Morgan fingerprint density at radius 1 is 0.476 bits per heavy atom. The molecule has 6 aromatic rings. The van der Waals surface area contributed by atoms with Crippen molar-refractivity contribution in [2.24, 2.45) is 23.5 Å². The van der Waals surface area contributed by atoms with Crippen LogP contribution in [0.25, 0.3) is 0 Å². The number of nitrogens with zero attached hydrogens (tertiary/aromatic N) is 1. The van der Waals surface area contributed by atoms with Gasteiger partial charge in [0, 0.05) is 40.5 Å². The molecule has 4 aliphatic carbocycles. The van der Waals surface area contributed by atoms with Gasteiger partial charge < -0.3 is 21.1 Å². The fourth-order valence-corrected chi connectivity index (χ4v) is 12.1. The average molecular weight is 1200 g/mol. The second kappa shape index (κ2) is 34.9. The molecule has 0 aliphatic heterocycles. The smallest absolute Gasteiger partial charge is 0.264 e. The topological polar surface area (TPSA) is 182 Å². The summed E-state index contributed by atoms with van der Waals surface area (Å²) in [6.07, 6.45) is 13.6. The minimum Gasteiger partial charge on any atom is -0.393 e. The Bertz CT molecular complexity index is 2750. The van der Waals surface area contributed by atoms with Crippen LogP contribution in [0.1, 0.15) is 129 Å². The van der Waals surface area contributed by atoms with Crippen molar-refractivity contribution >= 4 is 40.0 Å². The summed E-state index contributed by atoms with van der Waals surface area (Å²) in [6, 6.07) is 64.7. The number of hydrogen-bond acceptors (Lipinski definition) is 12. The molecule has 4 aliphatic rings. The summed E-state index contributed by atoms with van der Waals surface area (Å²) in [7, 11) is 2.59. The van der Waals surface area contributed by atoms with Crippen molar-refractivity contribution in [1.82, 2.24) is 10.2 Å². The van der Waals surface area contributed by atoms with Gasteiger partial charge in [0.15, 0.2) is 0 Å². The van der Waals surface area contributed by atoms with Crippen molar-refractivity contribution in [2.75, 3.05) is 47.0 Å². The lowest BCUT2D eigenvalue weighted by atomic mass is 9.73. The molecule has 0 unspecified atom stereocenters. The number of halogens is 1. The van der Waals surface area contributed by atoms with Gasteiger partial charge in [-0.15, -0.1) is 0 Å². The van der Waals surface area contributed by atoms with Crippen LogP contribution < -0.4 is 11.1 Å². The van der Waals surface area contributed by atoms with Gasteiger partial charge in [0.2, 0.25) is 9.05 Å². The molecule has 4 fully saturated rings. The predicted octanol–water partition coefficient (Wildman–Crippen LogP) is 12.6. The first kappa shape index (κ1) is 69.7. The lowest BCUT2D eigenvalue weighted by Crippen LogP contribution is -2.47. The second-order valence-electron chi connectivity index (χ2n) is 22.4. The van der Waals surface area contributed by atoms with Crippen molar-refractivity contribution in [3.8, 4) is 0 Å². The molecule has 0 radical (unpaired) electrons. The van der Waals surface area contributed by atoms with Crippen LogP contribution in [-0.2, 0) is 37.7 Å². The minimum atomic E-state index is -3.34. The summed E-state index contributed by atoms with van der Waals surface area (Å²) in [4.78, 5) is 2.24. The molecule has 450 valence electrons. The number of aliphatic hydroxyl groups is 1. The highest BCUT2D eigenvalue weighted by atomic mass is 35.7. The van der Waals surface area contributed by atoms with E-state index in [0.717, 1.165) is 82.6 Å². The van der Waals surface area contributed by atoms with Crippen LogP contribution in [0.3, 0.4) is 0 Å². The summed E-state index contributed by atoms with van der Waals surface area (Å²) in [5, 5.41) is 12.2. The molecule has 0 amide bonds. The van der Waals surface area contributed by atoms with E-state index in [0.29, 0.717) is 41.5 Å². The van der Waals surface area contributed by atoms with Crippen molar-refractivity contribution < 1.29 is 38.7 Å². The first-order valence-corrected chi connectivity index (χ1v) is 34.5. The van der Waals surface area contributed by atoms with Gasteiger partial charge in [0.25, 0.3) is 20.2 Å². The number of benzene rings is 6. The number of hydrogen-bond donors (Lipinski definition) is 3. The maximum Gasteiger partial charge on any atom is 0.264 e. The number of aliphatic hydroxyl groups excluding tert-OH is 1. The molecule has 10 rings (SSSR count). The maximum absolute atomic E-state index is 11.2. The van der Waals surface area contributed by atoms with Crippen LogP contribution in [-0.4, -0.2) is 113 Å². The van der Waals surface area contributed by atoms with Crippen molar-refractivity contribution in [1.29, 1.82) is 0 Å². The van der Waals surface area contributed by atoms with Crippen LogP contribution in [0.4, 0.5) is 0 Å². The molecular formula is C66H92ClN3O9S3. The summed E-state index contributed by atoms with van der Waals surface area (Å²) in [5.74, 6) is 2.84. The molecule has 12 nitrogen and oxygen atoms in total. The van der Waals surface area contributed by atoms with Crippen molar-refractivity contribution in [2.45, 2.75) is 126 Å². The minimum absolute atomic E-state index is 0. The third kappa shape index (κ3) is 26.4. The van der Waals surface area contributed by atoms with Crippen molar-refractivity contribution in [3.63, 3.8) is 0 Å². The van der Waals surface area contributed by atoms with Crippen molar-refractivity contribution in [3.05, 3.63) is 215 Å². The van der Waals surface area contributed by atoms with Crippen LogP contribution in [0.2, 0.25) is 0 Å². The van der Waals surface area contributed by atoms with Gasteiger partial charge in [-0.25, -0.2) is 8.42 Å². The summed E-state index contributed by atoms with van der Waals surface area (Å²) in [6.45, 7) is 0. The molecule has 0 atom stereocenters. The van der Waals surface area contributed by atoms with E-state index in [-0.39, 0.29) is 25.7 Å². The zero-order valence-corrected chi connectivity index (χ0v) is 51.5. The molecule has 6 aromatic carbocycles. The number of nitrogens with two attached hydrogens (primary N) is 1. The largest absolute Gasteiger partial charge is 0.393 e. The third-order valence-electron chi connectivity index (χ3n) is 15.0. The zero-order chi connectivity index (χ0) is 59.0. The molecule has 4 N–H and O–H groups in total. The fourth-order valence-electron chi connectivity index (χ4n) is 10.8. The Kier molecular flexibility index (Phi) is 29.6. The number of rotatable bonds is 17. The average Bonchev–Trinajstić information content (AvgIpc) is 3.61. The molecule has 4 saturated carbocycles. The van der Waals surface area contributed by atoms with Crippen LogP contribution in [0.15, 0.2) is 182 Å². The summed E-state index contributed by atoms with van der Waals surface area (Å²) < 4.78 is 73.7. The van der Waals surface area contributed by atoms with Gasteiger partial charge in [-0.1, -0.05) is 189 Å². The van der Waals surface area contributed by atoms with E-state index in [1.165, 1.54) is 46.2 Å². The Balaban J connectivity index is 0.000000232. The van der Waals surface area contributed by atoms with E-state index >= 15 is 0 Å². The molecular weight excluding hydrogens is 1110 g/mol.